The zero-order valence-corrected chi connectivity index (χ0v) is 16.5. The Hall–Kier alpha value is -2.66. The summed E-state index contributed by atoms with van der Waals surface area (Å²) in [6.07, 6.45) is -0.0536. The fourth-order valence-electron chi connectivity index (χ4n) is 2.46. The maximum absolute atomic E-state index is 13.1. The van der Waals surface area contributed by atoms with E-state index in [2.05, 4.69) is 25.5 Å². The number of carbonyl (C=O) groups excluding carboxylic acids is 1. The molecule has 2 heterocycles. The number of rotatable bonds is 6. The van der Waals surface area contributed by atoms with E-state index in [9.17, 15) is 18.0 Å². The first-order chi connectivity index (χ1) is 13.8. The van der Waals surface area contributed by atoms with Crippen molar-refractivity contribution in [2.75, 3.05) is 11.1 Å². The molecule has 0 fully saturated rings. The fourth-order valence-corrected chi connectivity index (χ4v) is 3.44. The van der Waals surface area contributed by atoms with Crippen LogP contribution in [-0.4, -0.2) is 36.4 Å². The standard InChI is InChI=1S/C17H14ClF3N6OS/c1-2-27-15(13-8-22-5-6-23-13)25-26-16(27)29-9-14(28)24-12-4-3-10(18)7-11(12)17(19,20)21/h3-8H,2,9H2,1H3,(H,24,28). The van der Waals surface area contributed by atoms with Gasteiger partial charge in [-0.2, -0.15) is 13.2 Å². The zero-order chi connectivity index (χ0) is 21.0. The maximum atomic E-state index is 13.1. The molecule has 2 aromatic heterocycles. The lowest BCUT2D eigenvalue weighted by Crippen LogP contribution is -2.18. The largest absolute Gasteiger partial charge is 0.418 e. The number of nitrogens with one attached hydrogen (secondary N) is 1. The molecule has 7 nitrogen and oxygen atoms in total. The van der Waals surface area contributed by atoms with E-state index in [1.165, 1.54) is 24.7 Å². The summed E-state index contributed by atoms with van der Waals surface area (Å²) < 4.78 is 41.2. The van der Waals surface area contributed by atoms with Gasteiger partial charge in [-0.3, -0.25) is 9.78 Å². The van der Waals surface area contributed by atoms with E-state index in [4.69, 9.17) is 11.6 Å². The quantitative estimate of drug-likeness (QED) is 0.577. The molecule has 29 heavy (non-hydrogen) atoms. The van der Waals surface area contributed by atoms with Gasteiger partial charge in [0.05, 0.1) is 23.2 Å². The number of hydrogen-bond acceptors (Lipinski definition) is 6. The summed E-state index contributed by atoms with van der Waals surface area (Å²) >= 11 is 6.70. The van der Waals surface area contributed by atoms with Crippen molar-refractivity contribution in [3.05, 3.63) is 47.4 Å². The highest BCUT2D eigenvalue weighted by atomic mass is 35.5. The number of nitrogens with zero attached hydrogens (tertiary/aromatic N) is 5. The van der Waals surface area contributed by atoms with Crippen molar-refractivity contribution in [1.29, 1.82) is 0 Å². The monoisotopic (exact) mass is 442 g/mol. The highest BCUT2D eigenvalue weighted by Crippen LogP contribution is 2.36. The van der Waals surface area contributed by atoms with Crippen LogP contribution in [0.5, 0.6) is 0 Å². The molecule has 0 bridgehead atoms. The predicted molar refractivity (Wildman–Crippen MR) is 103 cm³/mol. The number of hydrogen-bond donors (Lipinski definition) is 1. The van der Waals surface area contributed by atoms with Crippen LogP contribution in [0, 0.1) is 0 Å². The second-order valence-electron chi connectivity index (χ2n) is 5.67. The lowest BCUT2D eigenvalue weighted by atomic mass is 10.1. The van der Waals surface area contributed by atoms with E-state index in [1.807, 2.05) is 6.92 Å². The Bertz CT molecular complexity index is 1010. The normalized spacial score (nSPS) is 11.5. The Labute approximate surface area is 172 Å². The van der Waals surface area contributed by atoms with Crippen LogP contribution in [-0.2, 0) is 17.5 Å². The molecule has 0 aliphatic rings. The number of benzene rings is 1. The SMILES string of the molecule is CCn1c(SCC(=O)Nc2ccc(Cl)cc2C(F)(F)F)nnc1-c1cnccn1. The van der Waals surface area contributed by atoms with Gasteiger partial charge in [0, 0.05) is 24.0 Å². The molecule has 0 aliphatic carbocycles. The van der Waals surface area contributed by atoms with Gasteiger partial charge in [0.15, 0.2) is 11.0 Å². The number of carbonyl (C=O) groups is 1. The molecular formula is C17H14ClF3N6OS. The lowest BCUT2D eigenvalue weighted by Gasteiger charge is -2.14. The second-order valence-corrected chi connectivity index (χ2v) is 7.04. The van der Waals surface area contributed by atoms with Crippen LogP contribution >= 0.6 is 23.4 Å². The Morgan fingerprint density at radius 1 is 1.28 bits per heavy atom. The van der Waals surface area contributed by atoms with Crippen LogP contribution in [0.25, 0.3) is 11.5 Å². The lowest BCUT2D eigenvalue weighted by molar-refractivity contribution is -0.137. The predicted octanol–water partition coefficient (Wildman–Crippen LogP) is 4.16. The molecule has 0 aliphatic heterocycles. The first-order valence-electron chi connectivity index (χ1n) is 8.28. The van der Waals surface area contributed by atoms with Gasteiger partial charge in [-0.1, -0.05) is 23.4 Å². The highest BCUT2D eigenvalue weighted by molar-refractivity contribution is 7.99. The summed E-state index contributed by atoms with van der Waals surface area (Å²) in [5, 5.41) is 10.8. The van der Waals surface area contributed by atoms with Gasteiger partial charge in [0.25, 0.3) is 0 Å². The molecule has 0 spiro atoms. The van der Waals surface area contributed by atoms with Crippen molar-refractivity contribution < 1.29 is 18.0 Å². The molecule has 0 unspecified atom stereocenters. The van der Waals surface area contributed by atoms with Gasteiger partial charge in [0.2, 0.25) is 5.91 Å². The van der Waals surface area contributed by atoms with Crippen LogP contribution in [0.3, 0.4) is 0 Å². The fraction of sp³-hybridized carbons (Fsp3) is 0.235. The number of thioether (sulfide) groups is 1. The number of amides is 1. The van der Waals surface area contributed by atoms with Crippen molar-refractivity contribution in [3.8, 4) is 11.5 Å². The molecular weight excluding hydrogens is 429 g/mol. The van der Waals surface area contributed by atoms with E-state index in [0.29, 0.717) is 23.2 Å². The average Bonchev–Trinajstić information content (AvgIpc) is 3.10. The summed E-state index contributed by atoms with van der Waals surface area (Å²) in [4.78, 5) is 20.4. The maximum Gasteiger partial charge on any atom is 0.418 e. The summed E-state index contributed by atoms with van der Waals surface area (Å²) in [5.74, 6) is -0.284. The smallest absolute Gasteiger partial charge is 0.325 e. The van der Waals surface area contributed by atoms with Crippen LogP contribution in [0.2, 0.25) is 5.02 Å². The van der Waals surface area contributed by atoms with E-state index in [-0.39, 0.29) is 16.5 Å². The summed E-state index contributed by atoms with van der Waals surface area (Å²) in [5.41, 5.74) is -0.844. The van der Waals surface area contributed by atoms with Gasteiger partial charge in [-0.05, 0) is 25.1 Å². The van der Waals surface area contributed by atoms with Crippen molar-refractivity contribution in [3.63, 3.8) is 0 Å². The Balaban J connectivity index is 1.72. The molecule has 1 aromatic carbocycles. The van der Waals surface area contributed by atoms with E-state index >= 15 is 0 Å². The molecule has 0 saturated heterocycles. The summed E-state index contributed by atoms with van der Waals surface area (Å²) in [6, 6.07) is 3.17. The third-order valence-corrected chi connectivity index (χ3v) is 4.92. The van der Waals surface area contributed by atoms with Gasteiger partial charge < -0.3 is 9.88 Å². The third kappa shape index (κ3) is 5.04. The molecule has 0 radical (unpaired) electrons. The number of aromatic nitrogens is 5. The average molecular weight is 443 g/mol. The van der Waals surface area contributed by atoms with Crippen LogP contribution in [0.15, 0.2) is 41.9 Å². The summed E-state index contributed by atoms with van der Waals surface area (Å²) in [7, 11) is 0. The van der Waals surface area contributed by atoms with Gasteiger partial charge in [-0.25, -0.2) is 4.98 Å². The molecule has 1 amide bonds. The van der Waals surface area contributed by atoms with Crippen LogP contribution < -0.4 is 5.32 Å². The highest BCUT2D eigenvalue weighted by Gasteiger charge is 2.34. The number of anilines is 1. The second kappa shape index (κ2) is 8.78. The third-order valence-electron chi connectivity index (χ3n) is 3.72. The zero-order valence-electron chi connectivity index (χ0n) is 14.9. The number of halogens is 4. The van der Waals surface area contributed by atoms with E-state index in [0.717, 1.165) is 23.9 Å². The first kappa shape index (κ1) is 21.1. The molecule has 3 aromatic rings. The molecule has 3 rings (SSSR count). The topological polar surface area (TPSA) is 85.6 Å². The molecule has 12 heteroatoms. The van der Waals surface area contributed by atoms with Gasteiger partial charge in [-0.15, -0.1) is 10.2 Å². The van der Waals surface area contributed by atoms with E-state index in [1.54, 1.807) is 4.57 Å². The van der Waals surface area contributed by atoms with Crippen molar-refractivity contribution in [2.45, 2.75) is 24.8 Å². The number of alkyl halides is 3. The Kier molecular flexibility index (Phi) is 6.38. The van der Waals surface area contributed by atoms with Crippen LogP contribution in [0.1, 0.15) is 12.5 Å². The van der Waals surface area contributed by atoms with E-state index < -0.39 is 17.6 Å². The van der Waals surface area contributed by atoms with Gasteiger partial charge >= 0.3 is 6.18 Å². The first-order valence-corrected chi connectivity index (χ1v) is 9.65. The minimum Gasteiger partial charge on any atom is -0.325 e. The summed E-state index contributed by atoms with van der Waals surface area (Å²) in [6.45, 7) is 2.38. The molecule has 0 saturated carbocycles. The Morgan fingerprint density at radius 3 is 2.72 bits per heavy atom. The molecule has 152 valence electrons. The molecule has 0 atom stereocenters. The minimum atomic E-state index is -4.64. The van der Waals surface area contributed by atoms with Crippen molar-refractivity contribution in [1.82, 2.24) is 24.7 Å². The Morgan fingerprint density at radius 2 is 2.07 bits per heavy atom. The minimum absolute atomic E-state index is 0.0720. The van der Waals surface area contributed by atoms with Crippen LogP contribution in [0.4, 0.5) is 18.9 Å². The van der Waals surface area contributed by atoms with Crippen molar-refractivity contribution in [2.24, 2.45) is 0 Å². The van der Waals surface area contributed by atoms with Crippen molar-refractivity contribution >= 4 is 35.0 Å². The molecule has 1 N–H and O–H groups in total. The van der Waals surface area contributed by atoms with Gasteiger partial charge in [0.1, 0.15) is 5.69 Å².